The third kappa shape index (κ3) is 4.68. The number of unbranched alkanes of at least 4 members (excludes halogenated alkanes) is 2. The maximum absolute atomic E-state index is 9.35. The Bertz CT molecular complexity index is 204. The van der Waals surface area contributed by atoms with Crippen LogP contribution in [-0.4, -0.2) is 29.2 Å². The van der Waals surface area contributed by atoms with Gasteiger partial charge in [0.15, 0.2) is 0 Å². The van der Waals surface area contributed by atoms with Crippen molar-refractivity contribution in [2.45, 2.75) is 62.9 Å². The number of rotatable bonds is 7. The molecule has 1 fully saturated rings. The molecule has 1 heterocycles. The van der Waals surface area contributed by atoms with Gasteiger partial charge in [0, 0.05) is 13.5 Å². The van der Waals surface area contributed by atoms with E-state index >= 15 is 0 Å². The summed E-state index contributed by atoms with van der Waals surface area (Å²) in [5.41, 5.74) is 0.0970. The van der Waals surface area contributed by atoms with E-state index in [9.17, 15) is 5.11 Å². The average molecular weight is 237 g/mol. The maximum atomic E-state index is 9.35. The van der Waals surface area contributed by atoms with Gasteiger partial charge in [-0.05, 0) is 26.7 Å². The molecule has 90 valence electrons. The lowest BCUT2D eigenvalue weighted by molar-refractivity contribution is -0.120. The SMILES string of the molecule is COC(O)(Cl)CCCCCC1OC1(C)C. The number of aliphatic hydroxyl groups is 1. The first-order chi connectivity index (χ1) is 6.87. The zero-order valence-corrected chi connectivity index (χ0v) is 10.5. The summed E-state index contributed by atoms with van der Waals surface area (Å²) in [6.07, 6.45) is 5.04. The Morgan fingerprint density at radius 1 is 1.40 bits per heavy atom. The third-order valence-electron chi connectivity index (χ3n) is 2.93. The number of alkyl halides is 1. The molecule has 1 N–H and O–H groups in total. The van der Waals surface area contributed by atoms with Crippen LogP contribution in [0.25, 0.3) is 0 Å². The Labute approximate surface area is 96.7 Å². The number of methoxy groups -OCH3 is 1. The fraction of sp³-hybridized carbons (Fsp3) is 1.00. The fourth-order valence-electron chi connectivity index (χ4n) is 1.69. The van der Waals surface area contributed by atoms with Gasteiger partial charge in [0.05, 0.1) is 11.7 Å². The predicted molar refractivity (Wildman–Crippen MR) is 59.8 cm³/mol. The van der Waals surface area contributed by atoms with Crippen LogP contribution in [0, 0.1) is 0 Å². The Kier molecular flexibility index (Phi) is 4.41. The first kappa shape index (κ1) is 13.2. The van der Waals surface area contributed by atoms with E-state index in [1.54, 1.807) is 0 Å². The quantitative estimate of drug-likeness (QED) is 0.320. The molecule has 0 aliphatic carbocycles. The van der Waals surface area contributed by atoms with Crippen molar-refractivity contribution < 1.29 is 14.6 Å². The van der Waals surface area contributed by atoms with Crippen LogP contribution in [0.15, 0.2) is 0 Å². The van der Waals surface area contributed by atoms with Crippen LogP contribution in [0.1, 0.15) is 46.0 Å². The number of epoxide rings is 1. The second-order valence-corrected chi connectivity index (χ2v) is 5.29. The van der Waals surface area contributed by atoms with Gasteiger partial charge in [-0.3, -0.25) is 0 Å². The Morgan fingerprint density at radius 2 is 2.00 bits per heavy atom. The molecule has 0 saturated carbocycles. The fourth-order valence-corrected chi connectivity index (χ4v) is 1.82. The largest absolute Gasteiger partial charge is 0.367 e. The zero-order chi connectivity index (χ0) is 11.5. The minimum Gasteiger partial charge on any atom is -0.367 e. The molecule has 3 nitrogen and oxygen atoms in total. The van der Waals surface area contributed by atoms with E-state index in [0.717, 1.165) is 25.7 Å². The highest BCUT2D eigenvalue weighted by molar-refractivity contribution is 6.21. The minimum absolute atomic E-state index is 0.0970. The summed E-state index contributed by atoms with van der Waals surface area (Å²) < 4.78 is 10.2. The Balaban J connectivity index is 1.94. The summed E-state index contributed by atoms with van der Waals surface area (Å²) in [4.78, 5) is 0. The second-order valence-electron chi connectivity index (χ2n) is 4.70. The molecule has 0 radical (unpaired) electrons. The third-order valence-corrected chi connectivity index (χ3v) is 3.27. The van der Waals surface area contributed by atoms with Crippen molar-refractivity contribution in [2.75, 3.05) is 7.11 Å². The van der Waals surface area contributed by atoms with E-state index in [1.807, 2.05) is 0 Å². The second kappa shape index (κ2) is 5.00. The van der Waals surface area contributed by atoms with Crippen molar-refractivity contribution in [2.24, 2.45) is 0 Å². The van der Waals surface area contributed by atoms with Crippen molar-refractivity contribution in [3.63, 3.8) is 0 Å². The van der Waals surface area contributed by atoms with Gasteiger partial charge in [0.1, 0.15) is 0 Å². The van der Waals surface area contributed by atoms with Crippen molar-refractivity contribution in [3.8, 4) is 0 Å². The number of hydrogen-bond acceptors (Lipinski definition) is 3. The van der Waals surface area contributed by atoms with Crippen LogP contribution in [0.2, 0.25) is 0 Å². The highest BCUT2D eigenvalue weighted by Gasteiger charge is 2.46. The van der Waals surface area contributed by atoms with Gasteiger partial charge >= 0.3 is 0 Å². The van der Waals surface area contributed by atoms with Crippen LogP contribution in [0.3, 0.4) is 0 Å². The van der Waals surface area contributed by atoms with Crippen molar-refractivity contribution in [3.05, 3.63) is 0 Å². The van der Waals surface area contributed by atoms with Crippen molar-refractivity contribution >= 4 is 11.6 Å². The molecule has 15 heavy (non-hydrogen) atoms. The summed E-state index contributed by atoms with van der Waals surface area (Å²) >= 11 is 5.63. The highest BCUT2D eigenvalue weighted by atomic mass is 35.5. The van der Waals surface area contributed by atoms with E-state index in [-0.39, 0.29) is 5.60 Å². The monoisotopic (exact) mass is 236 g/mol. The van der Waals surface area contributed by atoms with Crippen LogP contribution in [0.5, 0.6) is 0 Å². The van der Waals surface area contributed by atoms with Gasteiger partial charge in [-0.1, -0.05) is 24.4 Å². The van der Waals surface area contributed by atoms with Gasteiger partial charge in [-0.25, -0.2) is 0 Å². The standard InChI is InChI=1S/C11H21ClO3/c1-10(2)9(15-10)7-5-4-6-8-11(12,13)14-3/h9,13H,4-8H2,1-3H3. The van der Waals surface area contributed by atoms with Crippen LogP contribution in [-0.2, 0) is 9.47 Å². The maximum Gasteiger partial charge on any atom is 0.245 e. The van der Waals surface area contributed by atoms with E-state index in [1.165, 1.54) is 7.11 Å². The molecule has 1 saturated heterocycles. The molecule has 4 heteroatoms. The molecule has 0 amide bonds. The first-order valence-electron chi connectivity index (χ1n) is 5.52. The average Bonchev–Trinajstić information content (AvgIpc) is 2.73. The Morgan fingerprint density at radius 3 is 2.47 bits per heavy atom. The van der Waals surface area contributed by atoms with Gasteiger partial charge in [-0.15, -0.1) is 0 Å². The molecule has 1 aliphatic rings. The smallest absolute Gasteiger partial charge is 0.245 e. The molecule has 0 bridgehead atoms. The summed E-state index contributed by atoms with van der Waals surface area (Å²) in [5.74, 6) is 0. The van der Waals surface area contributed by atoms with Crippen molar-refractivity contribution in [1.29, 1.82) is 0 Å². The van der Waals surface area contributed by atoms with Gasteiger partial charge < -0.3 is 14.6 Å². The molecule has 1 aliphatic heterocycles. The molecule has 0 aromatic carbocycles. The van der Waals surface area contributed by atoms with E-state index in [2.05, 4.69) is 13.8 Å². The highest BCUT2D eigenvalue weighted by Crippen LogP contribution is 2.38. The summed E-state index contributed by atoms with van der Waals surface area (Å²) in [5, 5.41) is 7.87. The number of ether oxygens (including phenoxy) is 2. The minimum atomic E-state index is -1.48. The molecule has 0 aromatic heterocycles. The molecular weight excluding hydrogens is 216 g/mol. The predicted octanol–water partition coefficient (Wildman–Crippen LogP) is 2.65. The lowest BCUT2D eigenvalue weighted by Gasteiger charge is -2.17. The lowest BCUT2D eigenvalue weighted by Crippen LogP contribution is -2.22. The normalized spacial score (nSPS) is 27.4. The topological polar surface area (TPSA) is 42.0 Å². The molecule has 0 spiro atoms. The molecule has 2 unspecified atom stereocenters. The van der Waals surface area contributed by atoms with E-state index in [4.69, 9.17) is 21.1 Å². The van der Waals surface area contributed by atoms with Crippen molar-refractivity contribution in [1.82, 2.24) is 0 Å². The van der Waals surface area contributed by atoms with Gasteiger partial charge in [0.2, 0.25) is 5.25 Å². The molecule has 1 rings (SSSR count). The molecular formula is C11H21ClO3. The van der Waals surface area contributed by atoms with Crippen LogP contribution >= 0.6 is 11.6 Å². The van der Waals surface area contributed by atoms with Crippen LogP contribution < -0.4 is 0 Å². The lowest BCUT2D eigenvalue weighted by atomic mass is 10.0. The van der Waals surface area contributed by atoms with Gasteiger partial charge in [0.25, 0.3) is 0 Å². The zero-order valence-electron chi connectivity index (χ0n) is 9.75. The van der Waals surface area contributed by atoms with Gasteiger partial charge in [-0.2, -0.15) is 0 Å². The van der Waals surface area contributed by atoms with Crippen LogP contribution in [0.4, 0.5) is 0 Å². The molecule has 2 atom stereocenters. The first-order valence-corrected chi connectivity index (χ1v) is 5.89. The summed E-state index contributed by atoms with van der Waals surface area (Å²) in [6.45, 7) is 4.22. The summed E-state index contributed by atoms with van der Waals surface area (Å²) in [7, 11) is 1.41. The number of hydrogen-bond donors (Lipinski definition) is 1. The molecule has 0 aromatic rings. The summed E-state index contributed by atoms with van der Waals surface area (Å²) in [6, 6.07) is 0. The Hall–Kier alpha value is 0.170. The van der Waals surface area contributed by atoms with E-state index < -0.39 is 5.25 Å². The number of halogens is 1. The van der Waals surface area contributed by atoms with E-state index in [0.29, 0.717) is 12.5 Å².